The van der Waals surface area contributed by atoms with Crippen molar-refractivity contribution < 1.29 is 9.53 Å². The second kappa shape index (κ2) is 7.63. The summed E-state index contributed by atoms with van der Waals surface area (Å²) in [6.45, 7) is 7.13. The Morgan fingerprint density at radius 3 is 2.65 bits per heavy atom. The molecular weight excluding hydrogens is 388 g/mol. The van der Waals surface area contributed by atoms with Gasteiger partial charge in [-0.1, -0.05) is 36.4 Å². The number of pyridine rings is 1. The fraction of sp³-hybridized carbons (Fsp3) is 0.538. The molecule has 5 heteroatoms. The number of benzene rings is 1. The fourth-order valence-electron chi connectivity index (χ4n) is 6.27. The van der Waals surface area contributed by atoms with E-state index in [1.807, 2.05) is 16.7 Å². The van der Waals surface area contributed by atoms with Crippen molar-refractivity contribution in [3.05, 3.63) is 70.1 Å². The Hall–Kier alpha value is -2.40. The number of carbonyl (C=O) groups is 1. The number of piperidine rings is 1. The normalized spacial score (nSPS) is 29.3. The molecule has 0 radical (unpaired) electrons. The molecule has 5 rings (SSSR count). The van der Waals surface area contributed by atoms with Crippen LogP contribution in [0, 0.1) is 5.92 Å². The van der Waals surface area contributed by atoms with E-state index < -0.39 is 0 Å². The smallest absolute Gasteiger partial charge is 0.250 e. The van der Waals surface area contributed by atoms with Crippen LogP contribution < -0.4 is 5.56 Å². The molecule has 4 heterocycles. The van der Waals surface area contributed by atoms with Crippen LogP contribution in [-0.2, 0) is 21.5 Å². The number of aromatic nitrogens is 1. The van der Waals surface area contributed by atoms with Crippen molar-refractivity contribution in [2.45, 2.75) is 63.0 Å². The largest absolute Gasteiger partial charge is 0.376 e. The van der Waals surface area contributed by atoms with E-state index in [1.165, 1.54) is 5.56 Å². The second-order valence-corrected chi connectivity index (χ2v) is 10.4. The van der Waals surface area contributed by atoms with Gasteiger partial charge in [-0.3, -0.25) is 9.59 Å². The zero-order valence-corrected chi connectivity index (χ0v) is 18.5. The van der Waals surface area contributed by atoms with Gasteiger partial charge in [0.1, 0.15) is 0 Å². The number of amides is 1. The summed E-state index contributed by atoms with van der Waals surface area (Å²) in [5.41, 5.74) is 1.98. The highest BCUT2D eigenvalue weighted by Crippen LogP contribution is 2.45. The molecule has 2 aromatic rings. The minimum atomic E-state index is -0.243. The third-order valence-corrected chi connectivity index (χ3v) is 7.55. The molecule has 5 nitrogen and oxygen atoms in total. The van der Waals surface area contributed by atoms with E-state index in [4.69, 9.17) is 4.74 Å². The van der Waals surface area contributed by atoms with Gasteiger partial charge in [0, 0.05) is 55.8 Å². The zero-order valence-electron chi connectivity index (χ0n) is 18.5. The summed E-state index contributed by atoms with van der Waals surface area (Å²) >= 11 is 0. The number of hydrogen-bond donors (Lipinski definition) is 0. The number of nitrogens with zero attached hydrogens (tertiary/aromatic N) is 2. The molecule has 2 bridgehead atoms. The van der Waals surface area contributed by atoms with Gasteiger partial charge in [0.25, 0.3) is 5.56 Å². The lowest BCUT2D eigenvalue weighted by Gasteiger charge is -2.47. The minimum absolute atomic E-state index is 0.0828. The van der Waals surface area contributed by atoms with Crippen molar-refractivity contribution >= 4 is 5.91 Å². The Balaban J connectivity index is 1.40. The average molecular weight is 421 g/mol. The van der Waals surface area contributed by atoms with E-state index in [0.717, 1.165) is 38.0 Å². The van der Waals surface area contributed by atoms with Gasteiger partial charge in [-0.05, 0) is 50.7 Å². The van der Waals surface area contributed by atoms with Crippen LogP contribution in [0.3, 0.4) is 0 Å². The van der Waals surface area contributed by atoms with Gasteiger partial charge in [0.15, 0.2) is 0 Å². The predicted molar refractivity (Wildman–Crippen MR) is 120 cm³/mol. The number of carbonyl (C=O) groups excluding carboxylic acids is 1. The van der Waals surface area contributed by atoms with Crippen LogP contribution in [0.15, 0.2) is 53.3 Å². The molecule has 0 aliphatic carbocycles. The van der Waals surface area contributed by atoms with Crippen molar-refractivity contribution in [3.8, 4) is 0 Å². The first-order chi connectivity index (χ1) is 14.9. The van der Waals surface area contributed by atoms with Gasteiger partial charge in [-0.25, -0.2) is 0 Å². The van der Waals surface area contributed by atoms with Crippen LogP contribution >= 0.6 is 0 Å². The first kappa shape index (κ1) is 20.5. The summed E-state index contributed by atoms with van der Waals surface area (Å²) in [5, 5.41) is 0. The maximum absolute atomic E-state index is 13.7. The van der Waals surface area contributed by atoms with Crippen LogP contribution in [0.4, 0.5) is 0 Å². The number of fused-ring (bicyclic) bond motifs is 4. The summed E-state index contributed by atoms with van der Waals surface area (Å²) in [7, 11) is 0. The topological polar surface area (TPSA) is 51.5 Å². The predicted octanol–water partition coefficient (Wildman–Crippen LogP) is 3.71. The first-order valence-electron chi connectivity index (χ1n) is 11.5. The minimum Gasteiger partial charge on any atom is -0.376 e. The van der Waals surface area contributed by atoms with E-state index >= 15 is 0 Å². The van der Waals surface area contributed by atoms with Crippen LogP contribution in [0.25, 0.3) is 0 Å². The van der Waals surface area contributed by atoms with Gasteiger partial charge in [-0.2, -0.15) is 0 Å². The maximum Gasteiger partial charge on any atom is 0.250 e. The number of ether oxygens (including phenoxy) is 1. The lowest BCUT2D eigenvalue weighted by molar-refractivity contribution is -0.139. The average Bonchev–Trinajstić information content (AvgIpc) is 2.74. The molecule has 164 valence electrons. The summed E-state index contributed by atoms with van der Waals surface area (Å²) in [5.74, 6) is 0.848. The summed E-state index contributed by atoms with van der Waals surface area (Å²) in [6.07, 6.45) is 3.29. The quantitative estimate of drug-likeness (QED) is 0.761. The third kappa shape index (κ3) is 3.84. The van der Waals surface area contributed by atoms with Crippen molar-refractivity contribution in [1.82, 2.24) is 9.47 Å². The van der Waals surface area contributed by atoms with Crippen LogP contribution in [0.2, 0.25) is 0 Å². The monoisotopic (exact) mass is 420 g/mol. The summed E-state index contributed by atoms with van der Waals surface area (Å²) in [6, 6.07) is 16.1. The van der Waals surface area contributed by atoms with Gasteiger partial charge in [0.05, 0.1) is 5.60 Å². The van der Waals surface area contributed by atoms with Gasteiger partial charge < -0.3 is 14.2 Å². The van der Waals surface area contributed by atoms with E-state index in [9.17, 15) is 9.59 Å². The van der Waals surface area contributed by atoms with E-state index in [1.54, 1.807) is 6.07 Å². The molecular formula is C26H32N2O3. The van der Waals surface area contributed by atoms with Crippen molar-refractivity contribution in [3.63, 3.8) is 0 Å². The van der Waals surface area contributed by atoms with Gasteiger partial charge in [-0.15, -0.1) is 0 Å². The highest BCUT2D eigenvalue weighted by Gasteiger charge is 2.45. The van der Waals surface area contributed by atoms with Crippen LogP contribution in [0.1, 0.15) is 56.7 Å². The van der Waals surface area contributed by atoms with Crippen LogP contribution in [0.5, 0.6) is 0 Å². The van der Waals surface area contributed by atoms with Gasteiger partial charge >= 0.3 is 0 Å². The molecule has 1 aromatic carbocycles. The molecule has 0 saturated carbocycles. The molecule has 2 fully saturated rings. The van der Waals surface area contributed by atoms with E-state index in [0.29, 0.717) is 25.5 Å². The lowest BCUT2D eigenvalue weighted by atomic mass is 9.67. The molecule has 3 aliphatic heterocycles. The van der Waals surface area contributed by atoms with Gasteiger partial charge in [0.2, 0.25) is 5.91 Å². The van der Waals surface area contributed by atoms with Crippen molar-refractivity contribution in [2.75, 3.05) is 19.7 Å². The Labute approximate surface area is 184 Å². The summed E-state index contributed by atoms with van der Waals surface area (Å²) in [4.78, 5) is 28.1. The van der Waals surface area contributed by atoms with Crippen molar-refractivity contribution in [1.29, 1.82) is 0 Å². The SMILES string of the molecule is CC1(C)CC(CC(=O)N2C[C@H]3C[C@@H](C2)c2cccc(=O)n2C3)(c2ccccc2)CCO1. The number of rotatable bonds is 3. The second-order valence-electron chi connectivity index (χ2n) is 10.4. The molecule has 1 aromatic heterocycles. The van der Waals surface area contributed by atoms with Crippen molar-refractivity contribution in [2.24, 2.45) is 5.92 Å². The number of hydrogen-bond acceptors (Lipinski definition) is 3. The lowest BCUT2D eigenvalue weighted by Crippen LogP contribution is -2.52. The standard InChI is InChI=1S/C26H32N2O3/c1-25(2)18-26(11-12-31-25,21-7-4-3-5-8-21)14-24(30)27-15-19-13-20(17-27)22-9-6-10-23(29)28(22)16-19/h3-10,19-20H,11-18H2,1-2H3/t19-,20+,26?/m1/s1. The Kier molecular flexibility index (Phi) is 5.04. The Morgan fingerprint density at radius 2 is 1.87 bits per heavy atom. The highest BCUT2D eigenvalue weighted by molar-refractivity contribution is 5.78. The highest BCUT2D eigenvalue weighted by atomic mass is 16.5. The molecule has 1 amide bonds. The Bertz CT molecular complexity index is 1030. The molecule has 1 unspecified atom stereocenters. The Morgan fingerprint density at radius 1 is 1.06 bits per heavy atom. The summed E-state index contributed by atoms with van der Waals surface area (Å²) < 4.78 is 7.95. The number of likely N-dealkylation sites (tertiary alicyclic amines) is 1. The molecule has 3 aliphatic rings. The fourth-order valence-corrected chi connectivity index (χ4v) is 6.27. The molecule has 31 heavy (non-hydrogen) atoms. The third-order valence-electron chi connectivity index (χ3n) is 7.55. The molecule has 0 N–H and O–H groups in total. The van der Waals surface area contributed by atoms with Crippen LogP contribution in [-0.4, -0.2) is 40.7 Å². The van der Waals surface area contributed by atoms with E-state index in [-0.39, 0.29) is 28.4 Å². The zero-order chi connectivity index (χ0) is 21.6. The first-order valence-corrected chi connectivity index (χ1v) is 11.5. The molecule has 3 atom stereocenters. The molecule has 2 saturated heterocycles. The maximum atomic E-state index is 13.7. The van der Waals surface area contributed by atoms with E-state index in [2.05, 4.69) is 49.1 Å². The molecule has 0 spiro atoms.